The maximum absolute atomic E-state index is 5.89. The predicted octanol–water partition coefficient (Wildman–Crippen LogP) is 3.54. The van der Waals surface area contributed by atoms with Crippen LogP contribution in [0, 0.1) is 0 Å². The lowest BCUT2D eigenvalue weighted by atomic mass is 10.0. The fourth-order valence-corrected chi connectivity index (χ4v) is 3.34. The Kier molecular flexibility index (Phi) is 5.43. The van der Waals surface area contributed by atoms with Gasteiger partial charge in [0.25, 0.3) is 0 Å². The van der Waals surface area contributed by atoms with Gasteiger partial charge in [-0.15, -0.1) is 0 Å². The fraction of sp³-hybridized carbons (Fsp3) is 0.318. The smallest absolute Gasteiger partial charge is 0.119 e. The van der Waals surface area contributed by atoms with Crippen molar-refractivity contribution in [3.63, 3.8) is 0 Å². The van der Waals surface area contributed by atoms with Crippen LogP contribution in [0.25, 0.3) is 10.8 Å². The number of fused-ring (bicyclic) bond motifs is 1. The Labute approximate surface area is 154 Å². The molecule has 0 amide bonds. The summed E-state index contributed by atoms with van der Waals surface area (Å²) in [5.41, 5.74) is 2.36. The van der Waals surface area contributed by atoms with Crippen molar-refractivity contribution >= 4 is 10.8 Å². The van der Waals surface area contributed by atoms with Gasteiger partial charge in [0.1, 0.15) is 12.4 Å². The minimum absolute atomic E-state index is 0.713. The van der Waals surface area contributed by atoms with Crippen LogP contribution in [0.2, 0.25) is 0 Å². The van der Waals surface area contributed by atoms with Crippen molar-refractivity contribution in [1.29, 1.82) is 0 Å². The normalized spacial score (nSPS) is 15.2. The zero-order chi connectivity index (χ0) is 17.6. The predicted molar refractivity (Wildman–Crippen MR) is 104 cm³/mol. The Bertz CT molecular complexity index is 837. The van der Waals surface area contributed by atoms with Crippen LogP contribution < -0.4 is 4.74 Å². The maximum atomic E-state index is 5.89. The van der Waals surface area contributed by atoms with Gasteiger partial charge in [-0.2, -0.15) is 0 Å². The number of ether oxygens (including phenoxy) is 2. The van der Waals surface area contributed by atoms with Crippen LogP contribution in [0.4, 0.5) is 0 Å². The van der Waals surface area contributed by atoms with Gasteiger partial charge >= 0.3 is 0 Å². The summed E-state index contributed by atoms with van der Waals surface area (Å²) < 4.78 is 11.3. The molecule has 4 rings (SSSR count). The lowest BCUT2D eigenvalue weighted by Gasteiger charge is -2.26. The summed E-state index contributed by atoms with van der Waals surface area (Å²) in [4.78, 5) is 6.96. The number of morpholine rings is 1. The molecule has 1 saturated heterocycles. The second kappa shape index (κ2) is 8.30. The van der Waals surface area contributed by atoms with Gasteiger partial charge in [-0.3, -0.25) is 9.88 Å². The molecule has 3 aromatic rings. The van der Waals surface area contributed by atoms with Crippen molar-refractivity contribution in [1.82, 2.24) is 9.88 Å². The van der Waals surface area contributed by atoms with Crippen LogP contribution in [-0.2, 0) is 11.2 Å². The molecule has 0 saturated carbocycles. The molecule has 0 N–H and O–H groups in total. The Balaban J connectivity index is 1.35. The van der Waals surface area contributed by atoms with Crippen molar-refractivity contribution in [3.8, 4) is 5.75 Å². The number of nitrogens with zero attached hydrogens (tertiary/aromatic N) is 2. The third-order valence-electron chi connectivity index (χ3n) is 4.83. The average Bonchev–Trinajstić information content (AvgIpc) is 2.70. The number of hydrogen-bond acceptors (Lipinski definition) is 4. The fourth-order valence-electron chi connectivity index (χ4n) is 3.34. The molecule has 4 nitrogen and oxygen atoms in total. The third kappa shape index (κ3) is 4.21. The molecule has 0 aliphatic carbocycles. The second-order valence-corrected chi connectivity index (χ2v) is 6.60. The molecule has 1 aliphatic rings. The summed E-state index contributed by atoms with van der Waals surface area (Å²) in [6.45, 7) is 5.32. The molecule has 1 aliphatic heterocycles. The first kappa shape index (κ1) is 17.0. The van der Waals surface area contributed by atoms with Crippen molar-refractivity contribution in [3.05, 3.63) is 72.1 Å². The van der Waals surface area contributed by atoms with Crippen LogP contribution in [0.15, 0.2) is 60.8 Å². The van der Waals surface area contributed by atoms with E-state index in [0.717, 1.165) is 50.7 Å². The summed E-state index contributed by atoms with van der Waals surface area (Å²) in [5, 5.41) is 2.46. The van der Waals surface area contributed by atoms with E-state index in [-0.39, 0.29) is 0 Å². The van der Waals surface area contributed by atoms with Gasteiger partial charge in [0, 0.05) is 37.6 Å². The molecule has 0 unspecified atom stereocenters. The van der Waals surface area contributed by atoms with E-state index in [9.17, 15) is 0 Å². The topological polar surface area (TPSA) is 34.6 Å². The first-order chi connectivity index (χ1) is 12.9. The first-order valence-electron chi connectivity index (χ1n) is 9.23. The molecule has 1 fully saturated rings. The summed E-state index contributed by atoms with van der Waals surface area (Å²) in [6, 6.07) is 18.8. The lowest BCUT2D eigenvalue weighted by Crippen LogP contribution is -2.38. The van der Waals surface area contributed by atoms with Gasteiger partial charge in [0.15, 0.2) is 0 Å². The van der Waals surface area contributed by atoms with E-state index in [1.807, 2.05) is 6.20 Å². The van der Waals surface area contributed by atoms with E-state index < -0.39 is 0 Å². The molecule has 0 atom stereocenters. The SMILES string of the molecule is c1ccc2c(Cc3ccc(OCCN4CCOCC4)cc3)nccc2c1. The Hall–Kier alpha value is -2.43. The number of hydrogen-bond donors (Lipinski definition) is 0. The van der Waals surface area contributed by atoms with Crippen molar-refractivity contribution in [2.24, 2.45) is 0 Å². The van der Waals surface area contributed by atoms with Crippen LogP contribution in [0.1, 0.15) is 11.3 Å². The third-order valence-corrected chi connectivity index (χ3v) is 4.83. The Morgan fingerprint density at radius 2 is 1.77 bits per heavy atom. The Morgan fingerprint density at radius 1 is 0.962 bits per heavy atom. The number of benzene rings is 2. The zero-order valence-corrected chi connectivity index (χ0v) is 14.9. The van der Waals surface area contributed by atoms with Crippen LogP contribution in [0.5, 0.6) is 5.75 Å². The van der Waals surface area contributed by atoms with E-state index in [2.05, 4.69) is 64.5 Å². The number of aromatic nitrogens is 1. The molecule has 4 heteroatoms. The van der Waals surface area contributed by atoms with Crippen LogP contribution in [-0.4, -0.2) is 49.3 Å². The molecule has 0 radical (unpaired) electrons. The summed E-state index contributed by atoms with van der Waals surface area (Å²) in [7, 11) is 0. The van der Waals surface area contributed by atoms with E-state index in [1.54, 1.807) is 0 Å². The highest BCUT2D eigenvalue weighted by Crippen LogP contribution is 2.20. The van der Waals surface area contributed by atoms with Crippen molar-refractivity contribution < 1.29 is 9.47 Å². The molecule has 1 aromatic heterocycles. The van der Waals surface area contributed by atoms with E-state index >= 15 is 0 Å². The second-order valence-electron chi connectivity index (χ2n) is 6.60. The minimum Gasteiger partial charge on any atom is -0.492 e. The average molecular weight is 348 g/mol. The zero-order valence-electron chi connectivity index (χ0n) is 14.9. The number of pyridine rings is 1. The van der Waals surface area contributed by atoms with E-state index in [0.29, 0.717) is 6.61 Å². The van der Waals surface area contributed by atoms with Gasteiger partial charge < -0.3 is 9.47 Å². The van der Waals surface area contributed by atoms with Crippen molar-refractivity contribution in [2.75, 3.05) is 39.5 Å². The quantitative estimate of drug-likeness (QED) is 0.682. The lowest BCUT2D eigenvalue weighted by molar-refractivity contribution is 0.0322. The summed E-state index contributed by atoms with van der Waals surface area (Å²) >= 11 is 0. The standard InChI is InChI=1S/C22H24N2O2/c1-2-4-21-19(3-1)9-10-23-22(21)17-18-5-7-20(8-6-18)26-16-13-24-11-14-25-15-12-24/h1-10H,11-17H2. The highest BCUT2D eigenvalue weighted by atomic mass is 16.5. The van der Waals surface area contributed by atoms with E-state index in [1.165, 1.54) is 16.3 Å². The molecule has 134 valence electrons. The highest BCUT2D eigenvalue weighted by molar-refractivity contribution is 5.84. The monoisotopic (exact) mass is 348 g/mol. The Morgan fingerprint density at radius 3 is 2.62 bits per heavy atom. The largest absolute Gasteiger partial charge is 0.492 e. The van der Waals surface area contributed by atoms with Gasteiger partial charge in [-0.05, 0) is 29.1 Å². The minimum atomic E-state index is 0.713. The molecule has 26 heavy (non-hydrogen) atoms. The highest BCUT2D eigenvalue weighted by Gasteiger charge is 2.09. The maximum Gasteiger partial charge on any atom is 0.119 e. The number of rotatable bonds is 6. The molecule has 2 heterocycles. The van der Waals surface area contributed by atoms with Gasteiger partial charge in [-0.25, -0.2) is 0 Å². The van der Waals surface area contributed by atoms with Crippen molar-refractivity contribution in [2.45, 2.75) is 6.42 Å². The van der Waals surface area contributed by atoms with Crippen LogP contribution in [0.3, 0.4) is 0 Å². The molecular formula is C22H24N2O2. The molecule has 0 spiro atoms. The first-order valence-corrected chi connectivity index (χ1v) is 9.23. The molecular weight excluding hydrogens is 324 g/mol. The molecule has 2 aromatic carbocycles. The van der Waals surface area contributed by atoms with Gasteiger partial charge in [0.2, 0.25) is 0 Å². The summed E-state index contributed by atoms with van der Waals surface area (Å²) in [5.74, 6) is 0.924. The van der Waals surface area contributed by atoms with Crippen LogP contribution >= 0.6 is 0 Å². The van der Waals surface area contributed by atoms with Gasteiger partial charge in [-0.1, -0.05) is 36.4 Å². The van der Waals surface area contributed by atoms with E-state index in [4.69, 9.17) is 9.47 Å². The molecule has 0 bridgehead atoms. The van der Waals surface area contributed by atoms with Gasteiger partial charge in [0.05, 0.1) is 18.9 Å². The summed E-state index contributed by atoms with van der Waals surface area (Å²) in [6.07, 6.45) is 2.72.